The van der Waals surface area contributed by atoms with E-state index in [-0.39, 0.29) is 0 Å². The minimum absolute atomic E-state index is 0.428. The van der Waals surface area contributed by atoms with E-state index in [9.17, 15) is 0 Å². The molecule has 0 unspecified atom stereocenters. The molecule has 0 saturated heterocycles. The normalized spacial score (nSPS) is 16.4. The molecule has 1 aromatic heterocycles. The molecular formula is C30H22Cl4N4. The average molecular weight is 580 g/mol. The minimum Gasteiger partial charge on any atom is -0.318 e. The van der Waals surface area contributed by atoms with Gasteiger partial charge in [0.2, 0.25) is 0 Å². The van der Waals surface area contributed by atoms with Crippen LogP contribution in [0.4, 0.5) is 5.82 Å². The zero-order chi connectivity index (χ0) is 26.4. The topological polar surface area (TPSA) is 33.4 Å². The fraction of sp³-hybridized carbons (Fsp3) is 0.133. The van der Waals surface area contributed by atoms with E-state index in [4.69, 9.17) is 56.5 Å². The molecule has 38 heavy (non-hydrogen) atoms. The van der Waals surface area contributed by atoms with Gasteiger partial charge in [0.25, 0.3) is 0 Å². The molecule has 0 fully saturated rings. The summed E-state index contributed by atoms with van der Waals surface area (Å²) in [6, 6.07) is 23.7. The standard InChI is InChI=1S/C30H22Cl4N4/c1-2-7-18-12-14-19(15-13-18)27-25-28(22-10-6-11-23(32)26(22)34)37-17-20(31)16-24(33)29(37)35-30(25)38(36-27)21-8-4-3-5-9-21/h3-6,8-17,28H,2,7H2,1H3/t28-/m1/s1. The zero-order valence-electron chi connectivity index (χ0n) is 20.4. The average Bonchev–Trinajstić information content (AvgIpc) is 3.30. The van der Waals surface area contributed by atoms with Crippen molar-refractivity contribution in [3.8, 4) is 16.9 Å². The predicted molar refractivity (Wildman–Crippen MR) is 158 cm³/mol. The molecule has 4 nitrogen and oxygen atoms in total. The number of amidine groups is 1. The second-order valence-electron chi connectivity index (χ2n) is 9.17. The van der Waals surface area contributed by atoms with Crippen molar-refractivity contribution >= 4 is 58.1 Å². The molecule has 4 aromatic rings. The molecule has 3 aromatic carbocycles. The summed E-state index contributed by atoms with van der Waals surface area (Å²) in [6.45, 7) is 2.18. The Balaban J connectivity index is 1.68. The highest BCUT2D eigenvalue weighted by molar-refractivity contribution is 6.46. The summed E-state index contributed by atoms with van der Waals surface area (Å²) in [5.41, 5.74) is 5.63. The Hall–Kier alpha value is -3.02. The Morgan fingerprint density at radius 2 is 1.63 bits per heavy atom. The van der Waals surface area contributed by atoms with Gasteiger partial charge in [0.15, 0.2) is 11.7 Å². The van der Waals surface area contributed by atoms with Crippen LogP contribution < -0.4 is 0 Å². The van der Waals surface area contributed by atoms with Crippen LogP contribution in [0.25, 0.3) is 16.9 Å². The Morgan fingerprint density at radius 3 is 2.37 bits per heavy atom. The maximum atomic E-state index is 6.85. The van der Waals surface area contributed by atoms with Crippen molar-refractivity contribution < 1.29 is 0 Å². The molecule has 2 aliphatic heterocycles. The van der Waals surface area contributed by atoms with Crippen LogP contribution in [0.5, 0.6) is 0 Å². The van der Waals surface area contributed by atoms with E-state index in [0.717, 1.165) is 40.9 Å². The first-order valence-electron chi connectivity index (χ1n) is 12.3. The third-order valence-electron chi connectivity index (χ3n) is 6.69. The maximum Gasteiger partial charge on any atom is 0.164 e. The molecule has 190 valence electrons. The van der Waals surface area contributed by atoms with Gasteiger partial charge in [0.1, 0.15) is 5.69 Å². The van der Waals surface area contributed by atoms with Gasteiger partial charge in [-0.05, 0) is 41.8 Å². The number of aryl methyl sites for hydroxylation is 1. The molecule has 1 atom stereocenters. The van der Waals surface area contributed by atoms with Crippen molar-refractivity contribution in [3.05, 3.63) is 122 Å². The number of allylic oxidation sites excluding steroid dienone is 2. The first-order chi connectivity index (χ1) is 18.5. The lowest BCUT2D eigenvalue weighted by molar-refractivity contribution is 0.462. The molecule has 6 rings (SSSR count). The molecule has 8 heteroatoms. The Labute approximate surface area is 241 Å². The summed E-state index contributed by atoms with van der Waals surface area (Å²) in [5, 5.41) is 6.96. The number of nitrogens with zero attached hydrogens (tertiary/aromatic N) is 4. The third-order valence-corrected chi connectivity index (χ3v) is 8.01. The van der Waals surface area contributed by atoms with Gasteiger partial charge in [0.05, 0.1) is 37.4 Å². The highest BCUT2D eigenvalue weighted by Gasteiger charge is 2.40. The van der Waals surface area contributed by atoms with Crippen LogP contribution >= 0.6 is 46.4 Å². The van der Waals surface area contributed by atoms with E-state index in [1.807, 2.05) is 58.2 Å². The van der Waals surface area contributed by atoms with Crippen LogP contribution in [0.1, 0.15) is 36.1 Å². The number of aromatic nitrogens is 2. The van der Waals surface area contributed by atoms with Gasteiger partial charge < -0.3 is 4.90 Å². The monoisotopic (exact) mass is 578 g/mol. The fourth-order valence-electron chi connectivity index (χ4n) is 4.99. The number of hydrogen-bond acceptors (Lipinski definition) is 3. The molecule has 0 aliphatic carbocycles. The van der Waals surface area contributed by atoms with Crippen molar-refractivity contribution in [2.75, 3.05) is 0 Å². The summed E-state index contributed by atoms with van der Waals surface area (Å²) in [7, 11) is 0. The second kappa shape index (κ2) is 10.3. The van der Waals surface area contributed by atoms with E-state index < -0.39 is 6.04 Å². The van der Waals surface area contributed by atoms with E-state index in [2.05, 4.69) is 31.2 Å². The number of benzene rings is 3. The van der Waals surface area contributed by atoms with Crippen LogP contribution in [0, 0.1) is 0 Å². The number of hydrogen-bond donors (Lipinski definition) is 0. The second-order valence-corrected chi connectivity index (χ2v) is 10.8. The summed E-state index contributed by atoms with van der Waals surface area (Å²) in [5.74, 6) is 1.24. The molecular weight excluding hydrogens is 558 g/mol. The zero-order valence-corrected chi connectivity index (χ0v) is 23.4. The smallest absolute Gasteiger partial charge is 0.164 e. The lowest BCUT2D eigenvalue weighted by atomic mass is 9.92. The van der Waals surface area contributed by atoms with Crippen molar-refractivity contribution in [1.82, 2.24) is 14.7 Å². The number of halogens is 4. The van der Waals surface area contributed by atoms with E-state index in [1.165, 1.54) is 5.56 Å². The number of para-hydroxylation sites is 1. The minimum atomic E-state index is -0.428. The lowest BCUT2D eigenvalue weighted by Gasteiger charge is -2.37. The Kier molecular flexibility index (Phi) is 6.83. The van der Waals surface area contributed by atoms with Crippen LogP contribution in [0.15, 0.2) is 100 Å². The molecule has 2 aliphatic rings. The SMILES string of the molecule is CCCc1ccc(-c2nn(-c3ccccc3)c3c2[C@@H](c2cccc(Cl)c2Cl)N2C=C(Cl)C=C(Cl)C2=N3)cc1. The fourth-order valence-corrected chi connectivity index (χ4v) is 5.92. The van der Waals surface area contributed by atoms with Gasteiger partial charge >= 0.3 is 0 Å². The van der Waals surface area contributed by atoms with Gasteiger partial charge in [-0.2, -0.15) is 5.10 Å². The van der Waals surface area contributed by atoms with Crippen LogP contribution in [0.3, 0.4) is 0 Å². The molecule has 0 bridgehead atoms. The van der Waals surface area contributed by atoms with Gasteiger partial charge in [-0.15, -0.1) is 0 Å². The predicted octanol–water partition coefficient (Wildman–Crippen LogP) is 9.45. The highest BCUT2D eigenvalue weighted by Crippen LogP contribution is 2.50. The largest absolute Gasteiger partial charge is 0.318 e. The quantitative estimate of drug-likeness (QED) is 0.236. The highest BCUT2D eigenvalue weighted by atomic mass is 35.5. The first-order valence-corrected chi connectivity index (χ1v) is 13.8. The first kappa shape index (κ1) is 25.3. The Bertz CT molecular complexity index is 1620. The summed E-state index contributed by atoms with van der Waals surface area (Å²) in [6.07, 6.45) is 5.62. The van der Waals surface area contributed by atoms with Gasteiger partial charge in [-0.25, -0.2) is 9.67 Å². The molecule has 0 spiro atoms. The lowest BCUT2D eigenvalue weighted by Crippen LogP contribution is -2.36. The number of aliphatic imine (C=N–C) groups is 1. The van der Waals surface area contributed by atoms with Crippen LogP contribution in [-0.2, 0) is 6.42 Å². The number of fused-ring (bicyclic) bond motifs is 2. The van der Waals surface area contributed by atoms with E-state index in [1.54, 1.807) is 12.1 Å². The van der Waals surface area contributed by atoms with Crippen molar-refractivity contribution in [2.45, 2.75) is 25.8 Å². The van der Waals surface area contributed by atoms with E-state index in [0.29, 0.717) is 31.8 Å². The molecule has 0 N–H and O–H groups in total. The maximum absolute atomic E-state index is 6.85. The van der Waals surface area contributed by atoms with Crippen molar-refractivity contribution in [2.24, 2.45) is 4.99 Å². The van der Waals surface area contributed by atoms with Crippen LogP contribution in [-0.4, -0.2) is 20.5 Å². The molecule has 0 radical (unpaired) electrons. The van der Waals surface area contributed by atoms with Crippen LogP contribution in [0.2, 0.25) is 10.0 Å². The summed E-state index contributed by atoms with van der Waals surface area (Å²) < 4.78 is 1.87. The van der Waals surface area contributed by atoms with E-state index >= 15 is 0 Å². The molecule has 0 amide bonds. The third kappa shape index (κ3) is 4.36. The van der Waals surface area contributed by atoms with Gasteiger partial charge in [-0.3, -0.25) is 0 Å². The Morgan fingerprint density at radius 1 is 0.868 bits per heavy atom. The summed E-state index contributed by atoms with van der Waals surface area (Å²) >= 11 is 26.6. The molecule has 3 heterocycles. The van der Waals surface area contributed by atoms with Gasteiger partial charge in [-0.1, -0.05) is 114 Å². The van der Waals surface area contributed by atoms with Gasteiger partial charge in [0, 0.05) is 11.8 Å². The number of rotatable bonds is 5. The summed E-state index contributed by atoms with van der Waals surface area (Å²) in [4.78, 5) is 7.00. The van der Waals surface area contributed by atoms with Crippen molar-refractivity contribution in [3.63, 3.8) is 0 Å². The molecule has 0 saturated carbocycles. The van der Waals surface area contributed by atoms with Crippen molar-refractivity contribution in [1.29, 1.82) is 0 Å².